The fourth-order valence-corrected chi connectivity index (χ4v) is 1.39. The van der Waals surface area contributed by atoms with Crippen LogP contribution in [0.15, 0.2) is 0 Å². The molecule has 0 aromatic rings. The zero-order chi connectivity index (χ0) is 8.20. The van der Waals surface area contributed by atoms with Crippen LogP contribution in [0.25, 0.3) is 0 Å². The molecule has 0 fully saturated rings. The first-order valence-electron chi connectivity index (χ1n) is 3.31. The average Bonchev–Trinajstić information content (AvgIpc) is 1.80. The van der Waals surface area contributed by atoms with Crippen molar-refractivity contribution in [2.75, 3.05) is 5.75 Å². The highest BCUT2D eigenvalue weighted by molar-refractivity contribution is 7.95. The molecule has 0 aliphatic carbocycles. The highest BCUT2D eigenvalue weighted by Gasteiger charge is 2.30. The van der Waals surface area contributed by atoms with E-state index in [9.17, 15) is 0 Å². The first kappa shape index (κ1) is 9.80. The summed E-state index contributed by atoms with van der Waals surface area (Å²) in [4.78, 5) is 0. The quantitative estimate of drug-likeness (QED) is 0.615. The van der Waals surface area contributed by atoms with Crippen molar-refractivity contribution in [2.45, 2.75) is 31.9 Å². The lowest BCUT2D eigenvalue weighted by molar-refractivity contribution is 0.788. The Morgan fingerprint density at radius 2 is 2.00 bits per heavy atom. The number of rotatable bonds is 2. The van der Waals surface area contributed by atoms with Gasteiger partial charge >= 0.3 is 0 Å². The van der Waals surface area contributed by atoms with E-state index >= 15 is 0 Å². The molecular weight excluding hydrogens is 144 g/mol. The molecule has 0 aromatic heterocycles. The lowest BCUT2D eigenvalue weighted by Gasteiger charge is -2.15. The molecular formula is C7H15N2S+. The molecule has 0 saturated heterocycles. The Morgan fingerprint density at radius 3 is 2.30 bits per heavy atom. The van der Waals surface area contributed by atoms with E-state index in [0.717, 1.165) is 5.75 Å². The first-order chi connectivity index (χ1) is 4.48. The maximum Gasteiger partial charge on any atom is 0.140 e. The monoisotopic (exact) mass is 159 g/mol. The third-order valence-corrected chi connectivity index (χ3v) is 3.44. The summed E-state index contributed by atoms with van der Waals surface area (Å²) in [6, 6.07) is 2.10. The minimum atomic E-state index is -0.110. The van der Waals surface area contributed by atoms with E-state index < -0.39 is 0 Å². The van der Waals surface area contributed by atoms with Gasteiger partial charge in [0, 0.05) is 0 Å². The Hall–Kier alpha value is -0.200. The topological polar surface area (TPSA) is 49.8 Å². The molecule has 0 spiro atoms. The third-order valence-electron chi connectivity index (χ3n) is 1.22. The van der Waals surface area contributed by atoms with Crippen molar-refractivity contribution in [1.29, 1.82) is 5.26 Å². The van der Waals surface area contributed by atoms with Crippen LogP contribution < -0.4 is 5.14 Å². The number of nitrogens with two attached hydrogens (primary N) is 1. The smallest absolute Gasteiger partial charge is 0.140 e. The molecule has 0 amide bonds. The number of hydrogen-bond acceptors (Lipinski definition) is 2. The van der Waals surface area contributed by atoms with Crippen LogP contribution in [-0.4, -0.2) is 10.5 Å². The van der Waals surface area contributed by atoms with Crippen molar-refractivity contribution in [3.05, 3.63) is 0 Å². The van der Waals surface area contributed by atoms with Gasteiger partial charge in [0.05, 0.1) is 23.6 Å². The Labute approximate surface area is 65.9 Å². The van der Waals surface area contributed by atoms with Crippen molar-refractivity contribution < 1.29 is 0 Å². The molecule has 0 saturated carbocycles. The summed E-state index contributed by atoms with van der Waals surface area (Å²) in [7, 11) is 0. The van der Waals surface area contributed by atoms with Gasteiger partial charge in [-0.05, 0) is 20.8 Å². The predicted molar refractivity (Wildman–Crippen MR) is 46.4 cm³/mol. The van der Waals surface area contributed by atoms with E-state index in [0.29, 0.717) is 6.42 Å². The standard InChI is InChI=1S/C7H15N2S/c1-7(2,3)10(9)6-4-5-8/h4,6,9H2,1-3H3/q+1. The van der Waals surface area contributed by atoms with Crippen molar-refractivity contribution in [1.82, 2.24) is 0 Å². The van der Waals surface area contributed by atoms with E-state index in [1.807, 2.05) is 0 Å². The van der Waals surface area contributed by atoms with Gasteiger partial charge in [-0.15, -0.1) is 0 Å². The van der Waals surface area contributed by atoms with E-state index in [-0.39, 0.29) is 15.8 Å². The Bertz CT molecular complexity index is 132. The van der Waals surface area contributed by atoms with Gasteiger partial charge in [-0.25, -0.2) is 0 Å². The van der Waals surface area contributed by atoms with Gasteiger partial charge < -0.3 is 0 Å². The van der Waals surface area contributed by atoms with Crippen LogP contribution in [0.2, 0.25) is 0 Å². The van der Waals surface area contributed by atoms with E-state index in [2.05, 4.69) is 26.8 Å². The second kappa shape index (κ2) is 3.85. The summed E-state index contributed by atoms with van der Waals surface area (Å²) in [6.07, 6.45) is 0.580. The van der Waals surface area contributed by atoms with E-state index in [4.69, 9.17) is 10.4 Å². The first-order valence-corrected chi connectivity index (χ1v) is 4.76. The van der Waals surface area contributed by atoms with Crippen molar-refractivity contribution in [3.8, 4) is 6.07 Å². The number of nitrogens with zero attached hydrogens (tertiary/aromatic N) is 1. The highest BCUT2D eigenvalue weighted by Crippen LogP contribution is 2.13. The molecule has 0 radical (unpaired) electrons. The Balaban J connectivity index is 3.65. The van der Waals surface area contributed by atoms with Gasteiger partial charge in [0.1, 0.15) is 10.5 Å². The maximum atomic E-state index is 8.28. The van der Waals surface area contributed by atoms with Gasteiger partial charge in [0.15, 0.2) is 0 Å². The molecule has 1 unspecified atom stereocenters. The SMILES string of the molecule is CC(C)(C)[S+](N)CCC#N. The largest absolute Gasteiger partial charge is 0.198 e. The van der Waals surface area contributed by atoms with Crippen molar-refractivity contribution in [2.24, 2.45) is 5.14 Å². The van der Waals surface area contributed by atoms with Crippen molar-refractivity contribution in [3.63, 3.8) is 0 Å². The zero-order valence-electron chi connectivity index (χ0n) is 6.85. The van der Waals surface area contributed by atoms with Gasteiger partial charge in [0.25, 0.3) is 0 Å². The van der Waals surface area contributed by atoms with Crippen LogP contribution in [0.3, 0.4) is 0 Å². The summed E-state index contributed by atoms with van der Waals surface area (Å²) >= 11 is -0.110. The summed E-state index contributed by atoms with van der Waals surface area (Å²) < 4.78 is 0.164. The van der Waals surface area contributed by atoms with Crippen LogP contribution in [0.5, 0.6) is 0 Å². The number of hydrogen-bond donors (Lipinski definition) is 1. The van der Waals surface area contributed by atoms with E-state index in [1.54, 1.807) is 0 Å². The molecule has 2 N–H and O–H groups in total. The molecule has 0 aliphatic heterocycles. The van der Waals surface area contributed by atoms with Gasteiger partial charge in [-0.1, -0.05) is 0 Å². The van der Waals surface area contributed by atoms with Crippen LogP contribution in [0.4, 0.5) is 0 Å². The molecule has 0 aromatic carbocycles. The van der Waals surface area contributed by atoms with Gasteiger partial charge in [0.2, 0.25) is 0 Å². The third kappa shape index (κ3) is 3.76. The zero-order valence-corrected chi connectivity index (χ0v) is 7.66. The molecule has 0 bridgehead atoms. The Morgan fingerprint density at radius 1 is 1.50 bits per heavy atom. The molecule has 58 valence electrons. The minimum absolute atomic E-state index is 0.110. The normalized spacial score (nSPS) is 14.3. The summed E-state index contributed by atoms with van der Waals surface area (Å²) in [5.41, 5.74) is 0. The second-order valence-corrected chi connectivity index (χ2v) is 5.64. The summed E-state index contributed by atoms with van der Waals surface area (Å²) in [5.74, 6) is 0.833. The van der Waals surface area contributed by atoms with Gasteiger partial charge in [-0.2, -0.15) is 10.4 Å². The van der Waals surface area contributed by atoms with Crippen LogP contribution in [0.1, 0.15) is 27.2 Å². The molecule has 10 heavy (non-hydrogen) atoms. The summed E-state index contributed by atoms with van der Waals surface area (Å²) in [5, 5.41) is 14.1. The fraction of sp³-hybridized carbons (Fsp3) is 0.857. The van der Waals surface area contributed by atoms with E-state index in [1.165, 1.54) is 0 Å². The summed E-state index contributed by atoms with van der Waals surface area (Å²) in [6.45, 7) is 6.31. The molecule has 0 aliphatic rings. The highest BCUT2D eigenvalue weighted by atomic mass is 32.2. The van der Waals surface area contributed by atoms with Crippen LogP contribution in [-0.2, 0) is 11.1 Å². The molecule has 3 heteroatoms. The predicted octanol–water partition coefficient (Wildman–Crippen LogP) is 1.19. The average molecular weight is 159 g/mol. The molecule has 0 heterocycles. The maximum absolute atomic E-state index is 8.28. The second-order valence-electron chi connectivity index (χ2n) is 3.15. The minimum Gasteiger partial charge on any atom is -0.198 e. The lowest BCUT2D eigenvalue weighted by Crippen LogP contribution is -2.37. The van der Waals surface area contributed by atoms with Gasteiger partial charge in [-0.3, -0.25) is 0 Å². The van der Waals surface area contributed by atoms with Crippen molar-refractivity contribution >= 4 is 11.1 Å². The molecule has 2 nitrogen and oxygen atoms in total. The number of nitriles is 1. The molecule has 0 rings (SSSR count). The fourth-order valence-electron chi connectivity index (χ4n) is 0.462. The van der Waals surface area contributed by atoms with Crippen LogP contribution >= 0.6 is 0 Å². The lowest BCUT2D eigenvalue weighted by atomic mass is 10.3. The Kier molecular flexibility index (Phi) is 3.77. The van der Waals surface area contributed by atoms with Crippen LogP contribution in [0, 0.1) is 11.3 Å². The molecule has 1 atom stereocenters.